The summed E-state index contributed by atoms with van der Waals surface area (Å²) in [5, 5.41) is 28.9. The van der Waals surface area contributed by atoms with Gasteiger partial charge in [-0.1, -0.05) is 0 Å². The Hall–Kier alpha value is -0.916. The first-order chi connectivity index (χ1) is 5.24. The van der Waals surface area contributed by atoms with E-state index >= 15 is 0 Å². The van der Waals surface area contributed by atoms with Crippen molar-refractivity contribution in [3.05, 3.63) is 0 Å². The summed E-state index contributed by atoms with van der Waals surface area (Å²) in [7, 11) is 0.750. The van der Waals surface area contributed by atoms with E-state index in [0.29, 0.717) is 0 Å². The molecular formula is C4H9O7Ti-. The Morgan fingerprint density at radius 3 is 0.833 bits per heavy atom. The molecule has 7 nitrogen and oxygen atoms in total. The SMILES string of the molecule is C[O-].O=CO.O=CO.O=CO.[Ti]. The topological polar surface area (TPSA) is 135 Å². The molecule has 12 heavy (non-hydrogen) atoms. The van der Waals surface area contributed by atoms with Gasteiger partial charge in [-0.05, 0) is 0 Å². The minimum atomic E-state index is -0.250. The van der Waals surface area contributed by atoms with Gasteiger partial charge >= 0.3 is 0 Å². The molecule has 0 radical (unpaired) electrons. The zero-order valence-corrected chi connectivity index (χ0v) is 7.77. The molecule has 0 aliphatic heterocycles. The molecule has 0 spiro atoms. The summed E-state index contributed by atoms with van der Waals surface area (Å²) in [6, 6.07) is 0. The monoisotopic (exact) mass is 217 g/mol. The molecule has 0 atom stereocenters. The van der Waals surface area contributed by atoms with Gasteiger partial charge in [0.15, 0.2) is 0 Å². The van der Waals surface area contributed by atoms with E-state index in [0.717, 1.165) is 7.11 Å². The van der Waals surface area contributed by atoms with Gasteiger partial charge < -0.3 is 20.4 Å². The molecule has 0 bridgehead atoms. The van der Waals surface area contributed by atoms with Crippen LogP contribution in [0.1, 0.15) is 0 Å². The summed E-state index contributed by atoms with van der Waals surface area (Å²) >= 11 is 0. The summed E-state index contributed by atoms with van der Waals surface area (Å²) in [5.41, 5.74) is 0. The third-order valence-corrected chi connectivity index (χ3v) is 0. The van der Waals surface area contributed by atoms with E-state index in [2.05, 4.69) is 0 Å². The van der Waals surface area contributed by atoms with Crippen molar-refractivity contribution >= 4 is 19.4 Å². The van der Waals surface area contributed by atoms with E-state index in [-0.39, 0.29) is 41.1 Å². The van der Waals surface area contributed by atoms with Gasteiger partial charge in [-0.3, -0.25) is 14.4 Å². The minimum absolute atomic E-state index is 0. The predicted molar refractivity (Wildman–Crippen MR) is 32.0 cm³/mol. The van der Waals surface area contributed by atoms with Crippen LogP contribution in [0.15, 0.2) is 0 Å². The van der Waals surface area contributed by atoms with Crippen LogP contribution in [0.25, 0.3) is 0 Å². The van der Waals surface area contributed by atoms with Gasteiger partial charge in [0.2, 0.25) is 0 Å². The molecule has 0 saturated heterocycles. The standard InChI is InChI=1S/3CH2O2.CH3O.Ti/c3*2-1-3;1-2;/h3*1H,(H,2,3);1H3;/q;;;-1;. The Morgan fingerprint density at radius 2 is 0.833 bits per heavy atom. The van der Waals surface area contributed by atoms with E-state index in [1.807, 2.05) is 0 Å². The van der Waals surface area contributed by atoms with Crippen molar-refractivity contribution in [2.75, 3.05) is 7.11 Å². The van der Waals surface area contributed by atoms with Crippen LogP contribution < -0.4 is 5.11 Å². The fraction of sp³-hybridized carbons (Fsp3) is 0.250. The second-order valence-corrected chi connectivity index (χ2v) is 0.316. The fourth-order valence-corrected chi connectivity index (χ4v) is 0. The van der Waals surface area contributed by atoms with Gasteiger partial charge in [-0.15, -0.1) is 0 Å². The van der Waals surface area contributed by atoms with Crippen LogP contribution in [0.4, 0.5) is 0 Å². The maximum absolute atomic E-state index is 8.36. The molecule has 0 aromatic rings. The van der Waals surface area contributed by atoms with Crippen molar-refractivity contribution in [1.29, 1.82) is 0 Å². The summed E-state index contributed by atoms with van der Waals surface area (Å²) in [5.74, 6) is 0. The molecule has 0 aromatic heterocycles. The van der Waals surface area contributed by atoms with Crippen molar-refractivity contribution in [2.45, 2.75) is 0 Å². The predicted octanol–water partition coefficient (Wildman–Crippen LogP) is -1.92. The molecule has 0 amide bonds. The Balaban J connectivity index is -0.0000000179. The van der Waals surface area contributed by atoms with Gasteiger partial charge in [0, 0.05) is 21.7 Å². The first kappa shape index (κ1) is 30.4. The van der Waals surface area contributed by atoms with Gasteiger partial charge in [-0.25, -0.2) is 0 Å². The Morgan fingerprint density at radius 1 is 0.833 bits per heavy atom. The number of hydrogen-bond donors (Lipinski definition) is 3. The van der Waals surface area contributed by atoms with Crippen LogP contribution in [0.2, 0.25) is 0 Å². The second-order valence-electron chi connectivity index (χ2n) is 0.316. The van der Waals surface area contributed by atoms with Crippen molar-refractivity contribution in [2.24, 2.45) is 0 Å². The number of rotatable bonds is 0. The van der Waals surface area contributed by atoms with Crippen molar-refractivity contribution in [1.82, 2.24) is 0 Å². The zero-order chi connectivity index (χ0) is 10.1. The van der Waals surface area contributed by atoms with Crippen LogP contribution >= 0.6 is 0 Å². The minimum Gasteiger partial charge on any atom is -0.857 e. The molecule has 8 heteroatoms. The maximum Gasteiger partial charge on any atom is 0.290 e. The van der Waals surface area contributed by atoms with Gasteiger partial charge in [-0.2, -0.15) is 7.11 Å². The number of hydrogen-bond acceptors (Lipinski definition) is 4. The fourth-order valence-electron chi connectivity index (χ4n) is 0. The molecule has 0 heterocycles. The van der Waals surface area contributed by atoms with E-state index in [1.54, 1.807) is 0 Å². The molecule has 0 aliphatic carbocycles. The van der Waals surface area contributed by atoms with Crippen molar-refractivity contribution < 1.29 is 56.5 Å². The van der Waals surface area contributed by atoms with Crippen LogP contribution in [0.3, 0.4) is 0 Å². The van der Waals surface area contributed by atoms with Gasteiger partial charge in [0.1, 0.15) is 0 Å². The molecule has 0 aromatic carbocycles. The summed E-state index contributed by atoms with van der Waals surface area (Å²) in [4.78, 5) is 25.1. The summed E-state index contributed by atoms with van der Waals surface area (Å²) in [6.07, 6.45) is 0. The summed E-state index contributed by atoms with van der Waals surface area (Å²) in [6.45, 7) is -0.750. The molecule has 0 aliphatic rings. The van der Waals surface area contributed by atoms with E-state index in [1.165, 1.54) is 0 Å². The van der Waals surface area contributed by atoms with E-state index in [4.69, 9.17) is 34.8 Å². The third-order valence-electron chi connectivity index (χ3n) is 0. The average Bonchev–Trinajstić information content (AvgIpc) is 1.96. The normalized spacial score (nSPS) is 3.50. The van der Waals surface area contributed by atoms with Crippen LogP contribution in [0.5, 0.6) is 0 Å². The first-order valence-electron chi connectivity index (χ1n) is 1.89. The zero-order valence-electron chi connectivity index (χ0n) is 6.21. The molecule has 0 fully saturated rings. The van der Waals surface area contributed by atoms with Crippen LogP contribution in [0, 0.1) is 0 Å². The number of carboxylic acid groups (broad SMARTS) is 3. The maximum atomic E-state index is 8.36. The summed E-state index contributed by atoms with van der Waals surface area (Å²) < 4.78 is 0. The Kier molecular flexibility index (Phi) is 486. The third kappa shape index (κ3) is 708. The van der Waals surface area contributed by atoms with Crippen molar-refractivity contribution in [3.8, 4) is 0 Å². The van der Waals surface area contributed by atoms with Gasteiger partial charge in [0.05, 0.1) is 0 Å². The van der Waals surface area contributed by atoms with Crippen LogP contribution in [-0.2, 0) is 36.1 Å². The molecule has 3 N–H and O–H groups in total. The first-order valence-corrected chi connectivity index (χ1v) is 1.89. The van der Waals surface area contributed by atoms with Gasteiger partial charge in [0.25, 0.3) is 19.4 Å². The van der Waals surface area contributed by atoms with Crippen molar-refractivity contribution in [3.63, 3.8) is 0 Å². The van der Waals surface area contributed by atoms with E-state index in [9.17, 15) is 0 Å². The quantitative estimate of drug-likeness (QED) is 0.317. The largest absolute Gasteiger partial charge is 0.857 e. The molecule has 0 saturated carbocycles. The second kappa shape index (κ2) is 192. The average molecular weight is 217 g/mol. The molecular weight excluding hydrogens is 208 g/mol. The smallest absolute Gasteiger partial charge is 0.290 e. The number of carbonyl (C=O) groups is 3. The molecule has 0 rings (SSSR count). The Labute approximate surface area is 83.5 Å². The molecule has 72 valence electrons. The Bertz CT molecular complexity index is 52.2. The molecule has 0 unspecified atom stereocenters. The van der Waals surface area contributed by atoms with E-state index < -0.39 is 0 Å². The van der Waals surface area contributed by atoms with Crippen LogP contribution in [-0.4, -0.2) is 41.8 Å².